The number of piperidine rings is 1. The minimum absolute atomic E-state index is 0.0411. The van der Waals surface area contributed by atoms with Crippen LogP contribution in [0.15, 0.2) is 10.6 Å². The quantitative estimate of drug-likeness (QED) is 0.913. The smallest absolute Gasteiger partial charge is 0.211 e. The van der Waals surface area contributed by atoms with Crippen LogP contribution in [-0.4, -0.2) is 37.1 Å². The van der Waals surface area contributed by atoms with E-state index in [9.17, 15) is 8.42 Å². The standard InChI is InChI=1S/C15H27N3O3S/c1-11(14-17-8-13(21-14)15(2,3)4)18-7-5-6-12(9-18)10-22(16,19)20/h8,11-12H,5-7,9-10H2,1-4H3,(H2,16,19,20)/t11-,12+/m0/s1. The molecule has 6 nitrogen and oxygen atoms in total. The molecular formula is C15H27N3O3S. The number of primary sulfonamides is 1. The molecule has 2 N–H and O–H groups in total. The van der Waals surface area contributed by atoms with Crippen molar-refractivity contribution in [2.75, 3.05) is 18.8 Å². The fourth-order valence-electron chi connectivity index (χ4n) is 2.90. The lowest BCUT2D eigenvalue weighted by molar-refractivity contribution is 0.121. The molecule has 2 heterocycles. The lowest BCUT2D eigenvalue weighted by atomic mass is 9.94. The summed E-state index contributed by atoms with van der Waals surface area (Å²) in [6.07, 6.45) is 3.66. The number of likely N-dealkylation sites (tertiary alicyclic amines) is 1. The van der Waals surface area contributed by atoms with E-state index < -0.39 is 10.0 Å². The third kappa shape index (κ3) is 4.54. The highest BCUT2D eigenvalue weighted by Gasteiger charge is 2.29. The Kier molecular flexibility index (Phi) is 4.99. The Morgan fingerprint density at radius 3 is 2.73 bits per heavy atom. The van der Waals surface area contributed by atoms with Crippen molar-refractivity contribution in [3.05, 3.63) is 17.8 Å². The van der Waals surface area contributed by atoms with Gasteiger partial charge in [-0.1, -0.05) is 20.8 Å². The molecule has 1 aliphatic rings. The van der Waals surface area contributed by atoms with Crippen molar-refractivity contribution in [1.82, 2.24) is 9.88 Å². The molecule has 126 valence electrons. The van der Waals surface area contributed by atoms with Crippen LogP contribution in [0.2, 0.25) is 0 Å². The van der Waals surface area contributed by atoms with Crippen molar-refractivity contribution in [1.29, 1.82) is 0 Å². The third-order valence-electron chi connectivity index (χ3n) is 4.19. The van der Waals surface area contributed by atoms with Crippen LogP contribution < -0.4 is 5.14 Å². The molecular weight excluding hydrogens is 302 g/mol. The van der Waals surface area contributed by atoms with Gasteiger partial charge in [0.05, 0.1) is 18.0 Å². The number of aromatic nitrogens is 1. The van der Waals surface area contributed by atoms with Crippen LogP contribution in [0.4, 0.5) is 0 Å². The number of nitrogens with two attached hydrogens (primary N) is 1. The predicted octanol–water partition coefficient (Wildman–Crippen LogP) is 2.03. The van der Waals surface area contributed by atoms with Gasteiger partial charge in [0.2, 0.25) is 15.9 Å². The van der Waals surface area contributed by atoms with Gasteiger partial charge >= 0.3 is 0 Å². The zero-order valence-corrected chi connectivity index (χ0v) is 14.7. The first-order valence-electron chi connectivity index (χ1n) is 7.77. The highest BCUT2D eigenvalue weighted by Crippen LogP contribution is 2.29. The summed E-state index contributed by atoms with van der Waals surface area (Å²) in [7, 11) is -3.42. The zero-order chi connectivity index (χ0) is 16.5. The molecule has 1 aromatic rings. The molecule has 2 atom stereocenters. The topological polar surface area (TPSA) is 89.4 Å². The summed E-state index contributed by atoms with van der Waals surface area (Å²) in [6.45, 7) is 9.96. The second-order valence-electron chi connectivity index (χ2n) is 7.32. The van der Waals surface area contributed by atoms with Crippen molar-refractivity contribution in [2.45, 2.75) is 52.0 Å². The fourth-order valence-corrected chi connectivity index (χ4v) is 3.83. The minimum Gasteiger partial charge on any atom is -0.443 e. The van der Waals surface area contributed by atoms with Crippen molar-refractivity contribution >= 4 is 10.0 Å². The fraction of sp³-hybridized carbons (Fsp3) is 0.800. The van der Waals surface area contributed by atoms with Crippen molar-refractivity contribution in [3.63, 3.8) is 0 Å². The maximum absolute atomic E-state index is 11.3. The van der Waals surface area contributed by atoms with E-state index in [4.69, 9.17) is 9.56 Å². The van der Waals surface area contributed by atoms with Gasteiger partial charge in [0.25, 0.3) is 0 Å². The molecule has 1 aromatic heterocycles. The molecule has 0 amide bonds. The molecule has 22 heavy (non-hydrogen) atoms. The highest BCUT2D eigenvalue weighted by molar-refractivity contribution is 7.89. The summed E-state index contributed by atoms with van der Waals surface area (Å²) in [5.74, 6) is 1.70. The lowest BCUT2D eigenvalue weighted by Crippen LogP contribution is -2.40. The average molecular weight is 329 g/mol. The number of sulfonamides is 1. The first-order chi connectivity index (χ1) is 10.1. The first-order valence-corrected chi connectivity index (χ1v) is 9.48. The van der Waals surface area contributed by atoms with Crippen molar-refractivity contribution < 1.29 is 12.8 Å². The Labute approximate surface area is 133 Å². The van der Waals surface area contributed by atoms with Crippen LogP contribution in [0.25, 0.3) is 0 Å². The van der Waals surface area contributed by atoms with Gasteiger partial charge in [-0.3, -0.25) is 4.90 Å². The van der Waals surface area contributed by atoms with Gasteiger partial charge in [0.1, 0.15) is 5.76 Å². The summed E-state index contributed by atoms with van der Waals surface area (Å²) in [5, 5.41) is 5.17. The second kappa shape index (κ2) is 6.29. The van der Waals surface area contributed by atoms with Gasteiger partial charge < -0.3 is 4.42 Å². The molecule has 0 bridgehead atoms. The number of rotatable bonds is 4. The number of hydrogen-bond acceptors (Lipinski definition) is 5. The maximum Gasteiger partial charge on any atom is 0.211 e. The summed E-state index contributed by atoms with van der Waals surface area (Å²) in [5.41, 5.74) is -0.0664. The van der Waals surface area contributed by atoms with Gasteiger partial charge in [-0.15, -0.1) is 0 Å². The molecule has 0 saturated carbocycles. The Bertz CT molecular complexity index is 604. The Morgan fingerprint density at radius 2 is 2.18 bits per heavy atom. The SMILES string of the molecule is C[C@@H](c1ncc(C(C)(C)C)o1)N1CCC[C@@H](CS(N)(=O)=O)C1. The van der Waals surface area contributed by atoms with Gasteiger partial charge in [0, 0.05) is 12.0 Å². The monoisotopic (exact) mass is 329 g/mol. The van der Waals surface area contributed by atoms with Crippen LogP contribution in [0, 0.1) is 5.92 Å². The second-order valence-corrected chi connectivity index (χ2v) is 8.98. The first kappa shape index (κ1) is 17.4. The number of oxazole rings is 1. The molecule has 0 radical (unpaired) electrons. The molecule has 1 saturated heterocycles. The van der Waals surface area contributed by atoms with Crippen LogP contribution in [0.3, 0.4) is 0 Å². The van der Waals surface area contributed by atoms with Gasteiger partial charge in [-0.2, -0.15) is 0 Å². The van der Waals surface area contributed by atoms with Crippen LogP contribution >= 0.6 is 0 Å². The van der Waals surface area contributed by atoms with E-state index in [0.29, 0.717) is 12.4 Å². The lowest BCUT2D eigenvalue weighted by Gasteiger charge is -2.35. The third-order valence-corrected chi connectivity index (χ3v) is 5.12. The van der Waals surface area contributed by atoms with E-state index in [1.165, 1.54) is 0 Å². The number of hydrogen-bond donors (Lipinski definition) is 1. The van der Waals surface area contributed by atoms with Gasteiger partial charge in [0.15, 0.2) is 0 Å². The zero-order valence-electron chi connectivity index (χ0n) is 13.9. The molecule has 7 heteroatoms. The largest absolute Gasteiger partial charge is 0.443 e. The number of nitrogens with zero attached hydrogens (tertiary/aromatic N) is 2. The summed E-state index contributed by atoms with van der Waals surface area (Å²) in [4.78, 5) is 6.64. The van der Waals surface area contributed by atoms with E-state index in [0.717, 1.165) is 25.1 Å². The maximum atomic E-state index is 11.3. The van der Waals surface area contributed by atoms with E-state index in [1.807, 2.05) is 0 Å². The van der Waals surface area contributed by atoms with Gasteiger partial charge in [-0.05, 0) is 32.2 Å². The summed E-state index contributed by atoms with van der Waals surface area (Å²) < 4.78 is 28.5. The Hall–Kier alpha value is -0.920. The van der Waals surface area contributed by atoms with Crippen LogP contribution in [-0.2, 0) is 15.4 Å². The molecule has 1 fully saturated rings. The summed E-state index contributed by atoms with van der Waals surface area (Å²) in [6, 6.07) is 0.0411. The normalized spacial score (nSPS) is 22.7. The highest BCUT2D eigenvalue weighted by atomic mass is 32.2. The van der Waals surface area contributed by atoms with Crippen LogP contribution in [0.1, 0.15) is 58.2 Å². The molecule has 0 unspecified atom stereocenters. The molecule has 2 rings (SSSR count). The van der Waals surface area contributed by atoms with E-state index >= 15 is 0 Å². The minimum atomic E-state index is -3.42. The molecule has 0 spiro atoms. The van der Waals surface area contributed by atoms with E-state index in [-0.39, 0.29) is 23.1 Å². The van der Waals surface area contributed by atoms with Gasteiger partial charge in [-0.25, -0.2) is 18.5 Å². The molecule has 1 aliphatic heterocycles. The molecule has 0 aliphatic carbocycles. The van der Waals surface area contributed by atoms with E-state index in [1.54, 1.807) is 6.20 Å². The Morgan fingerprint density at radius 1 is 1.50 bits per heavy atom. The van der Waals surface area contributed by atoms with Crippen molar-refractivity contribution in [3.8, 4) is 0 Å². The Balaban J connectivity index is 2.05. The predicted molar refractivity (Wildman–Crippen MR) is 85.9 cm³/mol. The van der Waals surface area contributed by atoms with Crippen molar-refractivity contribution in [2.24, 2.45) is 11.1 Å². The van der Waals surface area contributed by atoms with Crippen LogP contribution in [0.5, 0.6) is 0 Å². The van der Waals surface area contributed by atoms with E-state index in [2.05, 4.69) is 37.6 Å². The molecule has 0 aromatic carbocycles. The average Bonchev–Trinajstić information content (AvgIpc) is 2.85. The summed E-state index contributed by atoms with van der Waals surface area (Å²) >= 11 is 0.